The van der Waals surface area contributed by atoms with Gasteiger partial charge in [0.25, 0.3) is 0 Å². The highest BCUT2D eigenvalue weighted by Crippen LogP contribution is 2.19. The van der Waals surface area contributed by atoms with Crippen LogP contribution < -0.4 is 0 Å². The van der Waals surface area contributed by atoms with Crippen LogP contribution in [0.15, 0.2) is 17.6 Å². The number of aliphatic carboxylic acids is 1. The Hall–Kier alpha value is -1.01. The first-order valence-corrected chi connectivity index (χ1v) is 6.21. The number of carbonyl (C=O) groups is 1. The van der Waals surface area contributed by atoms with Crippen LogP contribution in [0.25, 0.3) is 0 Å². The van der Waals surface area contributed by atoms with Gasteiger partial charge in [-0.3, -0.25) is 4.79 Å². The van der Waals surface area contributed by atoms with Gasteiger partial charge in [0.15, 0.2) is 5.16 Å². The quantitative estimate of drug-likeness (QED) is 0.787. The molecule has 1 fully saturated rings. The van der Waals surface area contributed by atoms with Crippen LogP contribution in [0.4, 0.5) is 0 Å². The molecule has 0 spiro atoms. The molecule has 0 aromatic carbocycles. The van der Waals surface area contributed by atoms with Crippen molar-refractivity contribution in [1.29, 1.82) is 0 Å². The van der Waals surface area contributed by atoms with Gasteiger partial charge in [-0.15, -0.1) is 0 Å². The van der Waals surface area contributed by atoms with Crippen LogP contribution in [-0.4, -0.2) is 39.1 Å². The second-order valence-corrected chi connectivity index (χ2v) is 4.62. The molecular formula is C10H14N2O3S. The average molecular weight is 242 g/mol. The Morgan fingerprint density at radius 1 is 1.75 bits per heavy atom. The highest BCUT2D eigenvalue weighted by molar-refractivity contribution is 7.99. The van der Waals surface area contributed by atoms with Crippen molar-refractivity contribution in [3.05, 3.63) is 12.4 Å². The van der Waals surface area contributed by atoms with Gasteiger partial charge in [0.1, 0.15) is 0 Å². The van der Waals surface area contributed by atoms with Crippen LogP contribution in [0, 0.1) is 0 Å². The fourth-order valence-corrected chi connectivity index (χ4v) is 2.40. The molecule has 1 unspecified atom stereocenters. The predicted molar refractivity (Wildman–Crippen MR) is 59.6 cm³/mol. The van der Waals surface area contributed by atoms with Crippen molar-refractivity contribution in [3.63, 3.8) is 0 Å². The minimum atomic E-state index is -0.823. The zero-order valence-corrected chi connectivity index (χ0v) is 9.65. The first-order chi connectivity index (χ1) is 7.75. The minimum Gasteiger partial charge on any atom is -0.481 e. The monoisotopic (exact) mass is 242 g/mol. The number of ether oxygens (including phenoxy) is 1. The fraction of sp³-hybridized carbons (Fsp3) is 0.600. The number of thioether (sulfide) groups is 1. The fourth-order valence-electron chi connectivity index (χ4n) is 1.71. The molecule has 1 N–H and O–H groups in total. The lowest BCUT2D eigenvalue weighted by atomic mass is 10.2. The number of nitrogens with zero attached hydrogens (tertiary/aromatic N) is 2. The summed E-state index contributed by atoms with van der Waals surface area (Å²) in [5.74, 6) is -0.778. The molecule has 1 saturated heterocycles. The second-order valence-electron chi connectivity index (χ2n) is 3.68. The number of hydrogen-bond donors (Lipinski definition) is 1. The van der Waals surface area contributed by atoms with Crippen molar-refractivity contribution in [2.75, 3.05) is 12.4 Å². The summed E-state index contributed by atoms with van der Waals surface area (Å²) in [6.07, 6.45) is 5.99. The molecule has 0 saturated carbocycles. The van der Waals surface area contributed by atoms with E-state index >= 15 is 0 Å². The summed E-state index contributed by atoms with van der Waals surface area (Å²) >= 11 is 1.24. The summed E-state index contributed by atoms with van der Waals surface area (Å²) < 4.78 is 7.49. The lowest BCUT2D eigenvalue weighted by molar-refractivity contribution is -0.133. The average Bonchev–Trinajstić information content (AvgIpc) is 2.87. The number of imidazole rings is 1. The molecule has 5 nitrogen and oxygen atoms in total. The number of rotatable bonds is 5. The van der Waals surface area contributed by atoms with Crippen LogP contribution in [0.5, 0.6) is 0 Å². The molecular weight excluding hydrogens is 228 g/mol. The maximum absolute atomic E-state index is 10.5. The van der Waals surface area contributed by atoms with Crippen LogP contribution in [0.2, 0.25) is 0 Å². The topological polar surface area (TPSA) is 64.3 Å². The third-order valence-corrected chi connectivity index (χ3v) is 3.42. The first-order valence-electron chi connectivity index (χ1n) is 5.23. The van der Waals surface area contributed by atoms with Gasteiger partial charge >= 0.3 is 5.97 Å². The van der Waals surface area contributed by atoms with Crippen LogP contribution in [0.1, 0.15) is 12.8 Å². The largest absolute Gasteiger partial charge is 0.481 e. The van der Waals surface area contributed by atoms with Crippen LogP contribution in [-0.2, 0) is 16.1 Å². The van der Waals surface area contributed by atoms with E-state index in [0.29, 0.717) is 0 Å². The van der Waals surface area contributed by atoms with Gasteiger partial charge in [-0.2, -0.15) is 0 Å². The molecule has 1 aromatic rings. The van der Waals surface area contributed by atoms with Gasteiger partial charge in [0.05, 0.1) is 18.4 Å². The molecule has 0 aliphatic carbocycles. The van der Waals surface area contributed by atoms with E-state index in [1.54, 1.807) is 6.20 Å². The molecule has 2 heterocycles. The Balaban J connectivity index is 1.92. The third-order valence-electron chi connectivity index (χ3n) is 2.43. The standard InChI is InChI=1S/C10H14N2O3S/c13-9(14)7-16-10-11-3-4-12(10)6-8-2-1-5-15-8/h3-4,8H,1-2,5-7H2,(H,13,14). The summed E-state index contributed by atoms with van der Waals surface area (Å²) in [7, 11) is 0. The Kier molecular flexibility index (Phi) is 3.84. The van der Waals surface area contributed by atoms with Gasteiger partial charge in [0, 0.05) is 19.0 Å². The van der Waals surface area contributed by atoms with Crippen molar-refractivity contribution in [2.45, 2.75) is 30.6 Å². The summed E-state index contributed by atoms with van der Waals surface area (Å²) in [6, 6.07) is 0. The molecule has 1 aliphatic rings. The van der Waals surface area contributed by atoms with E-state index in [9.17, 15) is 4.79 Å². The van der Waals surface area contributed by atoms with E-state index in [4.69, 9.17) is 9.84 Å². The smallest absolute Gasteiger partial charge is 0.313 e. The Bertz CT molecular complexity index is 361. The van der Waals surface area contributed by atoms with Gasteiger partial charge in [-0.25, -0.2) is 4.98 Å². The number of hydrogen-bond acceptors (Lipinski definition) is 4. The SMILES string of the molecule is O=C(O)CSc1nccn1CC1CCCO1. The van der Waals surface area contributed by atoms with E-state index in [1.807, 2.05) is 10.8 Å². The molecule has 2 rings (SSSR count). The van der Waals surface area contributed by atoms with Gasteiger partial charge in [0.2, 0.25) is 0 Å². The zero-order chi connectivity index (χ0) is 11.4. The van der Waals surface area contributed by atoms with Crippen LogP contribution >= 0.6 is 11.8 Å². The van der Waals surface area contributed by atoms with Crippen molar-refractivity contribution >= 4 is 17.7 Å². The molecule has 1 aromatic heterocycles. The number of carboxylic acid groups (broad SMARTS) is 1. The second kappa shape index (κ2) is 5.36. The number of aromatic nitrogens is 2. The lowest BCUT2D eigenvalue weighted by Gasteiger charge is -2.11. The van der Waals surface area contributed by atoms with E-state index in [1.165, 1.54) is 11.8 Å². The number of carboxylic acids is 1. The highest BCUT2D eigenvalue weighted by Gasteiger charge is 2.17. The van der Waals surface area contributed by atoms with Gasteiger partial charge < -0.3 is 14.4 Å². The van der Waals surface area contributed by atoms with Crippen molar-refractivity contribution < 1.29 is 14.6 Å². The predicted octanol–water partition coefficient (Wildman–Crippen LogP) is 1.24. The third kappa shape index (κ3) is 2.99. The molecule has 0 bridgehead atoms. The first kappa shape index (κ1) is 11.5. The molecule has 1 aliphatic heterocycles. The minimum absolute atomic E-state index is 0.0442. The van der Waals surface area contributed by atoms with E-state index < -0.39 is 5.97 Å². The Morgan fingerprint density at radius 3 is 3.31 bits per heavy atom. The highest BCUT2D eigenvalue weighted by atomic mass is 32.2. The normalized spacial score (nSPS) is 20.1. The van der Waals surface area contributed by atoms with Crippen molar-refractivity contribution in [2.24, 2.45) is 0 Å². The summed E-state index contributed by atoms with van der Waals surface area (Å²) in [5.41, 5.74) is 0. The van der Waals surface area contributed by atoms with Gasteiger partial charge in [-0.1, -0.05) is 11.8 Å². The van der Waals surface area contributed by atoms with E-state index in [-0.39, 0.29) is 11.9 Å². The summed E-state index contributed by atoms with van der Waals surface area (Å²) in [6.45, 7) is 1.60. The molecule has 1 atom stereocenters. The summed E-state index contributed by atoms with van der Waals surface area (Å²) in [4.78, 5) is 14.6. The maximum Gasteiger partial charge on any atom is 0.313 e. The van der Waals surface area contributed by atoms with E-state index in [2.05, 4.69) is 4.98 Å². The molecule has 0 amide bonds. The van der Waals surface area contributed by atoms with Crippen LogP contribution in [0.3, 0.4) is 0 Å². The van der Waals surface area contributed by atoms with Gasteiger partial charge in [-0.05, 0) is 12.8 Å². The van der Waals surface area contributed by atoms with E-state index in [0.717, 1.165) is 31.1 Å². The molecule has 0 radical (unpaired) electrons. The van der Waals surface area contributed by atoms with Crippen molar-refractivity contribution in [1.82, 2.24) is 9.55 Å². The molecule has 6 heteroatoms. The zero-order valence-electron chi connectivity index (χ0n) is 8.83. The lowest BCUT2D eigenvalue weighted by Crippen LogP contribution is -2.15. The Morgan fingerprint density at radius 2 is 2.62 bits per heavy atom. The molecule has 16 heavy (non-hydrogen) atoms. The van der Waals surface area contributed by atoms with Crippen molar-refractivity contribution in [3.8, 4) is 0 Å². The maximum atomic E-state index is 10.5. The Labute approximate surface area is 97.8 Å². The molecule has 88 valence electrons. The summed E-state index contributed by atoms with van der Waals surface area (Å²) in [5, 5.41) is 9.35.